The molecule has 0 amide bonds. The molecule has 4 rings (SSSR count). The monoisotopic (exact) mass is 428 g/mol. The standard InChI is InChI=1S/C25H33ClN2O2/c1-5-16(2)25-14-19(27)10-11-28(25)15-21(17-6-8-18(26)9-7-17)20-12-23(29-3)24(30-4)13-22(20)25/h6-9,12-13,16,19,21H,5,10-11,14-15,27H2,1-4H3. The molecule has 2 aliphatic heterocycles. The van der Waals surface area contributed by atoms with E-state index in [4.69, 9.17) is 26.8 Å². The van der Waals surface area contributed by atoms with Gasteiger partial charge in [-0.15, -0.1) is 0 Å². The van der Waals surface area contributed by atoms with Gasteiger partial charge >= 0.3 is 0 Å². The largest absolute Gasteiger partial charge is 0.493 e. The predicted molar refractivity (Wildman–Crippen MR) is 123 cm³/mol. The zero-order valence-electron chi connectivity index (χ0n) is 18.5. The highest BCUT2D eigenvalue weighted by atomic mass is 35.5. The molecule has 30 heavy (non-hydrogen) atoms. The number of hydrogen-bond acceptors (Lipinski definition) is 4. The Balaban J connectivity index is 1.97. The van der Waals surface area contributed by atoms with Crippen LogP contribution in [0.15, 0.2) is 36.4 Å². The van der Waals surface area contributed by atoms with E-state index in [1.54, 1.807) is 14.2 Å². The second kappa shape index (κ2) is 8.41. The van der Waals surface area contributed by atoms with Gasteiger partial charge < -0.3 is 15.2 Å². The van der Waals surface area contributed by atoms with Gasteiger partial charge in [0.05, 0.1) is 19.8 Å². The fraction of sp³-hybridized carbons (Fsp3) is 0.520. The summed E-state index contributed by atoms with van der Waals surface area (Å²) in [5.74, 6) is 2.30. The zero-order chi connectivity index (χ0) is 21.5. The maximum absolute atomic E-state index is 6.57. The lowest BCUT2D eigenvalue weighted by Gasteiger charge is -2.57. The lowest BCUT2D eigenvalue weighted by Crippen LogP contribution is -2.61. The van der Waals surface area contributed by atoms with E-state index >= 15 is 0 Å². The van der Waals surface area contributed by atoms with E-state index in [0.29, 0.717) is 5.92 Å². The summed E-state index contributed by atoms with van der Waals surface area (Å²) in [6.45, 7) is 6.64. The molecule has 1 fully saturated rings. The number of ether oxygens (including phenoxy) is 2. The molecule has 0 aliphatic carbocycles. The SMILES string of the molecule is CCC(C)C12CC(N)CCN1CC(c1ccc(Cl)cc1)c1cc(OC)c(OC)cc12. The topological polar surface area (TPSA) is 47.7 Å². The molecule has 0 spiro atoms. The van der Waals surface area contributed by atoms with Gasteiger partial charge in [0, 0.05) is 30.1 Å². The van der Waals surface area contributed by atoms with Crippen molar-refractivity contribution in [2.75, 3.05) is 27.3 Å². The minimum atomic E-state index is -0.0791. The Kier molecular flexibility index (Phi) is 6.02. The average molecular weight is 429 g/mol. The summed E-state index contributed by atoms with van der Waals surface area (Å²) >= 11 is 6.19. The lowest BCUT2D eigenvalue weighted by molar-refractivity contribution is -0.0238. The number of benzene rings is 2. The van der Waals surface area contributed by atoms with Crippen molar-refractivity contribution in [2.24, 2.45) is 11.7 Å². The summed E-state index contributed by atoms with van der Waals surface area (Å²) < 4.78 is 11.4. The number of hydrogen-bond donors (Lipinski definition) is 1. The molecule has 2 aromatic carbocycles. The molecular weight excluding hydrogens is 396 g/mol. The van der Waals surface area contributed by atoms with Crippen LogP contribution in [0.3, 0.4) is 0 Å². The highest BCUT2D eigenvalue weighted by Crippen LogP contribution is 2.54. The van der Waals surface area contributed by atoms with E-state index in [9.17, 15) is 0 Å². The van der Waals surface area contributed by atoms with E-state index in [2.05, 4.69) is 43.0 Å². The van der Waals surface area contributed by atoms with Crippen LogP contribution in [0.25, 0.3) is 0 Å². The van der Waals surface area contributed by atoms with Crippen LogP contribution in [-0.4, -0.2) is 38.3 Å². The van der Waals surface area contributed by atoms with Gasteiger partial charge in [-0.2, -0.15) is 0 Å². The van der Waals surface area contributed by atoms with Crippen LogP contribution in [0, 0.1) is 5.92 Å². The number of piperidine rings is 1. The summed E-state index contributed by atoms with van der Waals surface area (Å²) in [6.07, 6.45) is 3.11. The van der Waals surface area contributed by atoms with Crippen LogP contribution in [0.4, 0.5) is 0 Å². The highest BCUT2D eigenvalue weighted by molar-refractivity contribution is 6.30. The Morgan fingerprint density at radius 3 is 2.47 bits per heavy atom. The molecule has 5 heteroatoms. The van der Waals surface area contributed by atoms with Gasteiger partial charge in [-0.3, -0.25) is 4.90 Å². The summed E-state index contributed by atoms with van der Waals surface area (Å²) in [7, 11) is 3.42. The molecule has 0 radical (unpaired) electrons. The molecule has 0 aromatic heterocycles. The number of nitrogens with two attached hydrogens (primary N) is 1. The molecule has 2 aliphatic rings. The Hall–Kier alpha value is -1.75. The highest BCUT2D eigenvalue weighted by Gasteiger charge is 2.51. The van der Waals surface area contributed by atoms with Crippen LogP contribution < -0.4 is 15.2 Å². The second-order valence-electron chi connectivity index (χ2n) is 8.83. The summed E-state index contributed by atoms with van der Waals surface area (Å²) in [6, 6.07) is 12.9. The molecule has 2 N–H and O–H groups in total. The quantitative estimate of drug-likeness (QED) is 0.713. The predicted octanol–water partition coefficient (Wildman–Crippen LogP) is 5.17. The van der Waals surface area contributed by atoms with Gasteiger partial charge in [-0.1, -0.05) is 44.0 Å². The average Bonchev–Trinajstić information content (AvgIpc) is 2.77. The number of methoxy groups -OCH3 is 2. The first kappa shape index (κ1) is 21.5. The molecule has 0 bridgehead atoms. The van der Waals surface area contributed by atoms with Crippen LogP contribution in [0.1, 0.15) is 55.7 Å². The van der Waals surface area contributed by atoms with Crippen molar-refractivity contribution in [2.45, 2.75) is 50.6 Å². The first-order chi connectivity index (χ1) is 14.4. The summed E-state index contributed by atoms with van der Waals surface area (Å²) in [4.78, 5) is 2.69. The van der Waals surface area contributed by atoms with Crippen LogP contribution in [0.2, 0.25) is 5.02 Å². The van der Waals surface area contributed by atoms with Gasteiger partial charge in [-0.25, -0.2) is 0 Å². The van der Waals surface area contributed by atoms with E-state index in [1.165, 1.54) is 16.7 Å². The van der Waals surface area contributed by atoms with E-state index in [-0.39, 0.29) is 17.5 Å². The third kappa shape index (κ3) is 3.39. The van der Waals surface area contributed by atoms with Crippen molar-refractivity contribution in [1.29, 1.82) is 0 Å². The number of halogens is 1. The van der Waals surface area contributed by atoms with Crippen molar-refractivity contribution in [3.05, 3.63) is 58.1 Å². The van der Waals surface area contributed by atoms with E-state index in [0.717, 1.165) is 48.9 Å². The van der Waals surface area contributed by atoms with Gasteiger partial charge in [-0.05, 0) is 59.7 Å². The minimum Gasteiger partial charge on any atom is -0.493 e. The van der Waals surface area contributed by atoms with Gasteiger partial charge in [0.2, 0.25) is 0 Å². The molecule has 4 nitrogen and oxygen atoms in total. The van der Waals surface area contributed by atoms with Crippen molar-refractivity contribution in [3.63, 3.8) is 0 Å². The maximum Gasteiger partial charge on any atom is 0.161 e. The van der Waals surface area contributed by atoms with E-state index in [1.807, 2.05) is 12.1 Å². The van der Waals surface area contributed by atoms with Crippen molar-refractivity contribution in [1.82, 2.24) is 4.90 Å². The first-order valence-electron chi connectivity index (χ1n) is 11.0. The summed E-state index contributed by atoms with van der Waals surface area (Å²) in [5.41, 5.74) is 10.4. The van der Waals surface area contributed by atoms with Crippen molar-refractivity contribution >= 4 is 11.6 Å². The molecule has 0 saturated carbocycles. The number of rotatable bonds is 5. The van der Waals surface area contributed by atoms with Gasteiger partial charge in [0.1, 0.15) is 0 Å². The molecule has 162 valence electrons. The minimum absolute atomic E-state index is 0.0791. The Labute approximate surface area is 185 Å². The number of fused-ring (bicyclic) bond motifs is 3. The molecular formula is C25H33ClN2O2. The zero-order valence-corrected chi connectivity index (χ0v) is 19.2. The Morgan fingerprint density at radius 1 is 1.17 bits per heavy atom. The Bertz CT molecular complexity index is 901. The third-order valence-electron chi connectivity index (χ3n) is 7.41. The normalized spacial score (nSPS) is 27.1. The third-order valence-corrected chi connectivity index (χ3v) is 7.66. The van der Waals surface area contributed by atoms with Gasteiger partial charge in [0.25, 0.3) is 0 Å². The molecule has 4 unspecified atom stereocenters. The first-order valence-corrected chi connectivity index (χ1v) is 11.3. The molecule has 4 atom stereocenters. The van der Waals surface area contributed by atoms with Crippen LogP contribution in [0.5, 0.6) is 11.5 Å². The fourth-order valence-electron chi connectivity index (χ4n) is 5.66. The second-order valence-corrected chi connectivity index (χ2v) is 9.27. The smallest absolute Gasteiger partial charge is 0.161 e. The van der Waals surface area contributed by atoms with Crippen LogP contribution >= 0.6 is 11.6 Å². The Morgan fingerprint density at radius 2 is 1.83 bits per heavy atom. The molecule has 2 aromatic rings. The van der Waals surface area contributed by atoms with E-state index < -0.39 is 0 Å². The van der Waals surface area contributed by atoms with Crippen molar-refractivity contribution in [3.8, 4) is 11.5 Å². The maximum atomic E-state index is 6.57. The molecule has 2 heterocycles. The lowest BCUT2D eigenvalue weighted by atomic mass is 9.64. The van der Waals surface area contributed by atoms with Crippen LogP contribution in [-0.2, 0) is 5.54 Å². The van der Waals surface area contributed by atoms with Gasteiger partial charge in [0.15, 0.2) is 11.5 Å². The fourth-order valence-corrected chi connectivity index (χ4v) is 5.79. The number of nitrogens with zero attached hydrogens (tertiary/aromatic N) is 1. The molecule has 1 saturated heterocycles. The van der Waals surface area contributed by atoms with Crippen molar-refractivity contribution < 1.29 is 9.47 Å². The summed E-state index contributed by atoms with van der Waals surface area (Å²) in [5, 5.41) is 0.764.